The molecule has 0 fully saturated rings. The molecular formula is C13H12F2N2O. The van der Waals surface area contributed by atoms with Crippen molar-refractivity contribution in [1.29, 1.82) is 0 Å². The number of halogens is 2. The molecular weight excluding hydrogens is 238 g/mol. The van der Waals surface area contributed by atoms with Gasteiger partial charge in [0.1, 0.15) is 23.6 Å². The molecule has 0 amide bonds. The number of rotatable bonds is 2. The van der Waals surface area contributed by atoms with Crippen molar-refractivity contribution in [2.45, 2.75) is 13.0 Å². The van der Waals surface area contributed by atoms with E-state index in [1.807, 2.05) is 0 Å². The Hall–Kier alpha value is -2.01. The number of nitrogens with two attached hydrogens (primary N) is 1. The summed E-state index contributed by atoms with van der Waals surface area (Å²) in [5, 5.41) is 10.1. The summed E-state index contributed by atoms with van der Waals surface area (Å²) in [5.74, 6) is -1.21. The van der Waals surface area contributed by atoms with E-state index < -0.39 is 17.7 Å². The Morgan fingerprint density at radius 2 is 2.00 bits per heavy atom. The fraction of sp³-hybridized carbons (Fsp3) is 0.154. The highest BCUT2D eigenvalue weighted by atomic mass is 19.1. The summed E-state index contributed by atoms with van der Waals surface area (Å²) in [5.41, 5.74) is 6.46. The van der Waals surface area contributed by atoms with Gasteiger partial charge in [-0.1, -0.05) is 0 Å². The van der Waals surface area contributed by atoms with Crippen molar-refractivity contribution in [2.75, 3.05) is 5.73 Å². The lowest BCUT2D eigenvalue weighted by Gasteiger charge is -2.16. The third-order valence-electron chi connectivity index (χ3n) is 2.77. The molecule has 18 heavy (non-hydrogen) atoms. The minimum atomic E-state index is -1.34. The van der Waals surface area contributed by atoms with Crippen molar-refractivity contribution < 1.29 is 13.9 Å². The minimum absolute atomic E-state index is 0.103. The van der Waals surface area contributed by atoms with Gasteiger partial charge >= 0.3 is 0 Å². The highest BCUT2D eigenvalue weighted by Gasteiger charge is 2.20. The summed E-state index contributed by atoms with van der Waals surface area (Å²) in [7, 11) is 0. The van der Waals surface area contributed by atoms with E-state index in [2.05, 4.69) is 4.98 Å². The van der Waals surface area contributed by atoms with E-state index in [-0.39, 0.29) is 11.4 Å². The van der Waals surface area contributed by atoms with Gasteiger partial charge in [0.25, 0.3) is 0 Å². The van der Waals surface area contributed by atoms with Crippen LogP contribution in [-0.4, -0.2) is 10.1 Å². The molecule has 0 aliphatic carbocycles. The van der Waals surface area contributed by atoms with Gasteiger partial charge in [0.2, 0.25) is 0 Å². The van der Waals surface area contributed by atoms with E-state index in [1.165, 1.54) is 6.20 Å². The third-order valence-corrected chi connectivity index (χ3v) is 2.77. The molecule has 0 aliphatic rings. The molecule has 1 aromatic carbocycles. The van der Waals surface area contributed by atoms with Crippen LogP contribution < -0.4 is 5.73 Å². The Balaban J connectivity index is 2.54. The van der Waals surface area contributed by atoms with Gasteiger partial charge < -0.3 is 10.8 Å². The summed E-state index contributed by atoms with van der Waals surface area (Å²) in [4.78, 5) is 3.84. The first-order valence-electron chi connectivity index (χ1n) is 5.34. The number of pyridine rings is 1. The van der Waals surface area contributed by atoms with Crippen LogP contribution in [0.4, 0.5) is 14.6 Å². The lowest BCUT2D eigenvalue weighted by atomic mass is 9.98. The number of aryl methyl sites for hydroxylation is 1. The third kappa shape index (κ3) is 2.17. The average molecular weight is 250 g/mol. The van der Waals surface area contributed by atoms with E-state index in [0.717, 1.165) is 18.2 Å². The molecule has 0 saturated heterocycles. The number of hydrogen-bond acceptors (Lipinski definition) is 3. The van der Waals surface area contributed by atoms with Crippen molar-refractivity contribution in [1.82, 2.24) is 4.98 Å². The molecule has 3 nitrogen and oxygen atoms in total. The van der Waals surface area contributed by atoms with Crippen LogP contribution in [0.2, 0.25) is 0 Å². The molecule has 0 saturated carbocycles. The van der Waals surface area contributed by atoms with Crippen LogP contribution >= 0.6 is 0 Å². The van der Waals surface area contributed by atoms with Crippen molar-refractivity contribution in [3.63, 3.8) is 0 Å². The zero-order valence-electron chi connectivity index (χ0n) is 9.69. The molecule has 1 unspecified atom stereocenters. The highest BCUT2D eigenvalue weighted by molar-refractivity contribution is 5.49. The molecule has 94 valence electrons. The second-order valence-electron chi connectivity index (χ2n) is 4.00. The number of aliphatic hydroxyl groups excluding tert-OH is 1. The predicted molar refractivity (Wildman–Crippen MR) is 63.8 cm³/mol. The van der Waals surface area contributed by atoms with E-state index in [0.29, 0.717) is 11.1 Å². The van der Waals surface area contributed by atoms with Crippen molar-refractivity contribution in [3.05, 3.63) is 58.8 Å². The van der Waals surface area contributed by atoms with E-state index in [1.54, 1.807) is 13.0 Å². The van der Waals surface area contributed by atoms with Crippen LogP contribution in [0.15, 0.2) is 30.5 Å². The normalized spacial score (nSPS) is 12.4. The number of benzene rings is 1. The van der Waals surface area contributed by atoms with Crippen LogP contribution in [0, 0.1) is 18.6 Å². The van der Waals surface area contributed by atoms with Crippen molar-refractivity contribution in [2.24, 2.45) is 0 Å². The van der Waals surface area contributed by atoms with Gasteiger partial charge in [-0.15, -0.1) is 0 Å². The van der Waals surface area contributed by atoms with Crippen LogP contribution in [0.25, 0.3) is 0 Å². The first kappa shape index (κ1) is 12.4. The summed E-state index contributed by atoms with van der Waals surface area (Å²) in [6.45, 7) is 1.72. The van der Waals surface area contributed by atoms with E-state index in [9.17, 15) is 13.9 Å². The predicted octanol–water partition coefficient (Wildman–Crippen LogP) is 2.33. The number of aromatic nitrogens is 1. The quantitative estimate of drug-likeness (QED) is 0.860. The van der Waals surface area contributed by atoms with Crippen molar-refractivity contribution >= 4 is 5.82 Å². The zero-order valence-corrected chi connectivity index (χ0v) is 9.69. The molecule has 1 aromatic heterocycles. The van der Waals surface area contributed by atoms with E-state index in [4.69, 9.17) is 5.73 Å². The largest absolute Gasteiger partial charge is 0.383 e. The van der Waals surface area contributed by atoms with Crippen LogP contribution in [0.1, 0.15) is 22.8 Å². The summed E-state index contributed by atoms with van der Waals surface area (Å²) in [6, 6.07) is 4.55. The summed E-state index contributed by atoms with van der Waals surface area (Å²) in [6.07, 6.45) is 0.150. The Labute approximate surface area is 103 Å². The number of hydrogen-bond donors (Lipinski definition) is 2. The first-order chi connectivity index (χ1) is 8.50. The maximum absolute atomic E-state index is 13.6. The van der Waals surface area contributed by atoms with Gasteiger partial charge in [-0.25, -0.2) is 13.8 Å². The van der Waals surface area contributed by atoms with Crippen LogP contribution in [-0.2, 0) is 0 Å². The number of anilines is 1. The standard InChI is InChI=1S/C13H12F2N2O/c1-7-4-5-17-13(16)11(7)12(18)9-6-8(14)2-3-10(9)15/h2-6,12,18H,1H3,(H2,16,17). The van der Waals surface area contributed by atoms with Gasteiger partial charge in [-0.3, -0.25) is 0 Å². The SMILES string of the molecule is Cc1ccnc(N)c1C(O)c1cc(F)ccc1F. The maximum atomic E-state index is 13.6. The van der Waals surface area contributed by atoms with Gasteiger partial charge in [-0.2, -0.15) is 0 Å². The molecule has 1 heterocycles. The molecule has 1 atom stereocenters. The Morgan fingerprint density at radius 3 is 2.67 bits per heavy atom. The highest BCUT2D eigenvalue weighted by Crippen LogP contribution is 2.30. The fourth-order valence-electron chi connectivity index (χ4n) is 1.83. The van der Waals surface area contributed by atoms with Crippen LogP contribution in [0.3, 0.4) is 0 Å². The van der Waals surface area contributed by atoms with Gasteiger partial charge in [-0.05, 0) is 36.8 Å². The Kier molecular flexibility index (Phi) is 3.25. The molecule has 5 heteroatoms. The average Bonchev–Trinajstić information content (AvgIpc) is 2.32. The number of aliphatic hydroxyl groups is 1. The minimum Gasteiger partial charge on any atom is -0.383 e. The van der Waals surface area contributed by atoms with Crippen molar-refractivity contribution in [3.8, 4) is 0 Å². The fourth-order valence-corrected chi connectivity index (χ4v) is 1.83. The first-order valence-corrected chi connectivity index (χ1v) is 5.34. The topological polar surface area (TPSA) is 59.1 Å². The molecule has 0 aliphatic heterocycles. The number of nitrogens with zero attached hydrogens (tertiary/aromatic N) is 1. The summed E-state index contributed by atoms with van der Waals surface area (Å²) < 4.78 is 26.7. The second-order valence-corrected chi connectivity index (χ2v) is 4.00. The zero-order chi connectivity index (χ0) is 13.3. The van der Waals surface area contributed by atoms with Gasteiger partial charge in [0.05, 0.1) is 0 Å². The number of nitrogen functional groups attached to an aromatic ring is 1. The Morgan fingerprint density at radius 1 is 1.28 bits per heavy atom. The van der Waals surface area contributed by atoms with Gasteiger partial charge in [0.15, 0.2) is 0 Å². The lowest BCUT2D eigenvalue weighted by Crippen LogP contribution is -2.09. The smallest absolute Gasteiger partial charge is 0.129 e. The summed E-state index contributed by atoms with van der Waals surface area (Å²) >= 11 is 0. The Bertz CT molecular complexity index is 567. The molecule has 3 N–H and O–H groups in total. The van der Waals surface area contributed by atoms with Gasteiger partial charge in [0, 0.05) is 17.3 Å². The monoisotopic (exact) mass is 250 g/mol. The molecule has 2 rings (SSSR count). The maximum Gasteiger partial charge on any atom is 0.129 e. The lowest BCUT2D eigenvalue weighted by molar-refractivity contribution is 0.214. The molecule has 2 aromatic rings. The molecule has 0 radical (unpaired) electrons. The molecule has 0 spiro atoms. The van der Waals surface area contributed by atoms with E-state index >= 15 is 0 Å². The molecule has 0 bridgehead atoms. The second kappa shape index (κ2) is 4.70. The van der Waals surface area contributed by atoms with Crippen LogP contribution in [0.5, 0.6) is 0 Å².